The van der Waals surface area contributed by atoms with Gasteiger partial charge in [-0.3, -0.25) is 4.79 Å². The molecule has 0 aliphatic carbocycles. The van der Waals surface area contributed by atoms with E-state index >= 15 is 0 Å². The summed E-state index contributed by atoms with van der Waals surface area (Å²) < 4.78 is 1.75. The third-order valence-corrected chi connectivity index (χ3v) is 4.57. The Morgan fingerprint density at radius 2 is 1.94 bits per heavy atom. The molecule has 16 heavy (non-hydrogen) atoms. The molecule has 0 aliphatic rings. The van der Waals surface area contributed by atoms with E-state index in [4.69, 9.17) is 0 Å². The minimum absolute atomic E-state index is 0.653. The van der Waals surface area contributed by atoms with E-state index in [1.165, 1.54) is 11.3 Å². The largest absolute Gasteiger partial charge is 0.297 e. The number of carbonyl (C=O) groups excluding carboxylic acids is 1. The van der Waals surface area contributed by atoms with E-state index in [0.717, 1.165) is 20.1 Å². The number of aldehydes is 1. The Bertz CT molecular complexity index is 465. The number of carbonyl (C=O) groups is 1. The molecule has 0 bridgehead atoms. The SMILES string of the molecule is Cc1nc(Br)c(C=O)s1.Cc1ncc(Br)s1. The summed E-state index contributed by atoms with van der Waals surface area (Å²) in [5.74, 6) is 0. The Hall–Kier alpha value is -0.110. The molecular formula is C9H8Br2N2OS2. The van der Waals surface area contributed by atoms with Crippen molar-refractivity contribution in [2.24, 2.45) is 0 Å². The smallest absolute Gasteiger partial charge is 0.162 e. The van der Waals surface area contributed by atoms with Crippen molar-refractivity contribution in [1.82, 2.24) is 9.97 Å². The maximum Gasteiger partial charge on any atom is 0.162 e. The lowest BCUT2D eigenvalue weighted by Crippen LogP contribution is -1.70. The van der Waals surface area contributed by atoms with Crippen molar-refractivity contribution >= 4 is 60.8 Å². The Morgan fingerprint density at radius 3 is 2.12 bits per heavy atom. The summed E-state index contributed by atoms with van der Waals surface area (Å²) in [6.07, 6.45) is 2.61. The van der Waals surface area contributed by atoms with Gasteiger partial charge in [-0.25, -0.2) is 9.97 Å². The van der Waals surface area contributed by atoms with Crippen LogP contribution < -0.4 is 0 Å². The van der Waals surface area contributed by atoms with Crippen molar-refractivity contribution in [3.05, 3.63) is 29.5 Å². The van der Waals surface area contributed by atoms with Gasteiger partial charge in [0.1, 0.15) is 9.48 Å². The van der Waals surface area contributed by atoms with Gasteiger partial charge >= 0.3 is 0 Å². The van der Waals surface area contributed by atoms with E-state index in [-0.39, 0.29) is 0 Å². The van der Waals surface area contributed by atoms with E-state index in [1.807, 2.05) is 13.8 Å². The third-order valence-electron chi connectivity index (χ3n) is 1.42. The zero-order valence-electron chi connectivity index (χ0n) is 8.53. The molecule has 0 unspecified atom stereocenters. The fourth-order valence-electron chi connectivity index (χ4n) is 0.826. The molecule has 2 aromatic heterocycles. The Balaban J connectivity index is 0.000000165. The van der Waals surface area contributed by atoms with E-state index in [0.29, 0.717) is 9.48 Å². The Labute approximate surface area is 118 Å². The zero-order chi connectivity index (χ0) is 12.1. The number of aryl methyl sites for hydroxylation is 2. The summed E-state index contributed by atoms with van der Waals surface area (Å²) in [4.78, 5) is 18.8. The molecule has 0 radical (unpaired) electrons. The molecule has 0 atom stereocenters. The molecule has 7 heteroatoms. The first-order valence-corrected chi connectivity index (χ1v) is 7.41. The number of hydrogen-bond acceptors (Lipinski definition) is 5. The molecule has 2 aromatic rings. The van der Waals surface area contributed by atoms with E-state index in [9.17, 15) is 4.79 Å². The monoisotopic (exact) mass is 382 g/mol. The first-order valence-electron chi connectivity index (χ1n) is 4.19. The summed E-state index contributed by atoms with van der Waals surface area (Å²) >= 11 is 9.47. The molecule has 0 aromatic carbocycles. The molecule has 0 aliphatic heterocycles. The summed E-state index contributed by atoms with van der Waals surface area (Å²) in [7, 11) is 0. The molecule has 86 valence electrons. The van der Waals surface area contributed by atoms with Gasteiger partial charge in [0.2, 0.25) is 0 Å². The van der Waals surface area contributed by atoms with Crippen LogP contribution in [0.3, 0.4) is 0 Å². The third kappa shape index (κ3) is 4.40. The highest BCUT2D eigenvalue weighted by Crippen LogP contribution is 2.20. The van der Waals surface area contributed by atoms with Crippen molar-refractivity contribution in [3.8, 4) is 0 Å². The molecule has 2 rings (SSSR count). The van der Waals surface area contributed by atoms with Crippen molar-refractivity contribution in [1.29, 1.82) is 0 Å². The average molecular weight is 384 g/mol. The molecule has 0 fully saturated rings. The van der Waals surface area contributed by atoms with Crippen LogP contribution in [0.1, 0.15) is 19.7 Å². The highest BCUT2D eigenvalue weighted by Gasteiger charge is 2.02. The standard InChI is InChI=1S/C5H4BrNOS.C4H4BrNS/c1-3-7-5(6)4(2-8)9-3;1-3-6-2-4(5)7-3/h2H,1H3;2H,1H3. The second-order valence-corrected chi connectivity index (χ2v) is 7.29. The van der Waals surface area contributed by atoms with Crippen molar-refractivity contribution in [2.75, 3.05) is 0 Å². The first-order chi connectivity index (χ1) is 7.52. The highest BCUT2D eigenvalue weighted by atomic mass is 79.9. The number of rotatable bonds is 1. The predicted octanol–water partition coefficient (Wildman–Crippen LogP) is 4.24. The topological polar surface area (TPSA) is 42.9 Å². The van der Waals surface area contributed by atoms with Gasteiger partial charge < -0.3 is 0 Å². The number of halogens is 2. The van der Waals surface area contributed by atoms with Crippen LogP contribution in [0.2, 0.25) is 0 Å². The highest BCUT2D eigenvalue weighted by molar-refractivity contribution is 9.11. The normalized spacial score (nSPS) is 9.50. The van der Waals surface area contributed by atoms with Crippen molar-refractivity contribution < 1.29 is 4.79 Å². The molecule has 0 saturated heterocycles. The van der Waals surface area contributed by atoms with Gasteiger partial charge in [0.05, 0.1) is 20.0 Å². The van der Waals surface area contributed by atoms with E-state index in [2.05, 4.69) is 41.8 Å². The van der Waals surface area contributed by atoms with Gasteiger partial charge in [0.25, 0.3) is 0 Å². The van der Waals surface area contributed by atoms with E-state index < -0.39 is 0 Å². The zero-order valence-corrected chi connectivity index (χ0v) is 13.3. The van der Waals surface area contributed by atoms with Gasteiger partial charge in [-0.1, -0.05) is 0 Å². The first kappa shape index (κ1) is 14.0. The molecular weight excluding hydrogens is 376 g/mol. The van der Waals surface area contributed by atoms with Crippen molar-refractivity contribution in [3.63, 3.8) is 0 Å². The molecule has 0 N–H and O–H groups in total. The number of thiazole rings is 2. The van der Waals surface area contributed by atoms with Crippen molar-refractivity contribution in [2.45, 2.75) is 13.8 Å². The molecule has 0 amide bonds. The number of hydrogen-bond donors (Lipinski definition) is 0. The van der Waals surface area contributed by atoms with Gasteiger partial charge in [-0.15, -0.1) is 22.7 Å². The van der Waals surface area contributed by atoms with Crippen LogP contribution in [0, 0.1) is 13.8 Å². The molecule has 3 nitrogen and oxygen atoms in total. The second kappa shape index (κ2) is 6.58. The van der Waals surface area contributed by atoms with Gasteiger partial charge in [0, 0.05) is 0 Å². The van der Waals surface area contributed by atoms with E-state index in [1.54, 1.807) is 17.5 Å². The maximum atomic E-state index is 10.2. The van der Waals surface area contributed by atoms with Gasteiger partial charge in [-0.05, 0) is 45.7 Å². The van der Waals surface area contributed by atoms with Crippen LogP contribution in [-0.2, 0) is 0 Å². The van der Waals surface area contributed by atoms with Crippen LogP contribution in [0.25, 0.3) is 0 Å². The Morgan fingerprint density at radius 1 is 1.25 bits per heavy atom. The van der Waals surface area contributed by atoms with Crippen LogP contribution >= 0.6 is 54.5 Å². The predicted molar refractivity (Wildman–Crippen MR) is 74.5 cm³/mol. The fraction of sp³-hybridized carbons (Fsp3) is 0.222. The lowest BCUT2D eigenvalue weighted by Gasteiger charge is -1.74. The summed E-state index contributed by atoms with van der Waals surface area (Å²) in [6, 6.07) is 0. The number of aromatic nitrogens is 2. The maximum absolute atomic E-state index is 10.2. The minimum atomic E-state index is 0.653. The summed E-state index contributed by atoms with van der Waals surface area (Å²) in [5.41, 5.74) is 0. The molecule has 2 heterocycles. The van der Waals surface area contributed by atoms with Gasteiger partial charge in [0.15, 0.2) is 6.29 Å². The lowest BCUT2D eigenvalue weighted by atomic mass is 10.6. The number of nitrogens with zero attached hydrogens (tertiary/aromatic N) is 2. The van der Waals surface area contributed by atoms with Crippen LogP contribution in [-0.4, -0.2) is 16.3 Å². The molecule has 0 saturated carbocycles. The summed E-state index contributed by atoms with van der Waals surface area (Å²) in [5, 5.41) is 2.01. The second-order valence-electron chi connectivity index (χ2n) is 2.69. The Kier molecular flexibility index (Phi) is 5.74. The minimum Gasteiger partial charge on any atom is -0.297 e. The quantitative estimate of drug-likeness (QED) is 0.691. The lowest BCUT2D eigenvalue weighted by molar-refractivity contribution is 0.112. The molecule has 0 spiro atoms. The average Bonchev–Trinajstić information content (AvgIpc) is 2.73. The summed E-state index contributed by atoms with van der Waals surface area (Å²) in [6.45, 7) is 3.85. The van der Waals surface area contributed by atoms with Crippen LogP contribution in [0.15, 0.2) is 14.6 Å². The fourth-order valence-corrected chi connectivity index (χ4v) is 3.48. The van der Waals surface area contributed by atoms with Crippen LogP contribution in [0.5, 0.6) is 0 Å². The van der Waals surface area contributed by atoms with Gasteiger partial charge in [-0.2, -0.15) is 0 Å². The van der Waals surface area contributed by atoms with Crippen LogP contribution in [0.4, 0.5) is 0 Å².